The van der Waals surface area contributed by atoms with Crippen LogP contribution in [-0.4, -0.2) is 33.1 Å². The highest BCUT2D eigenvalue weighted by atomic mass is 19.1. The highest BCUT2D eigenvalue weighted by Crippen LogP contribution is 2.21. The van der Waals surface area contributed by atoms with Crippen molar-refractivity contribution in [3.63, 3.8) is 0 Å². The Bertz CT molecular complexity index is 386. The van der Waals surface area contributed by atoms with E-state index >= 15 is 0 Å². The number of carboxylic acid groups (broad SMARTS) is 1. The molecule has 2 unspecified atom stereocenters. The molecule has 0 heterocycles. The summed E-state index contributed by atoms with van der Waals surface area (Å²) < 4.78 is 13.2. The summed E-state index contributed by atoms with van der Waals surface area (Å²) in [6, 6.07) is 6.24. The molecule has 0 fully saturated rings. The number of alkyl halides is 1. The summed E-state index contributed by atoms with van der Waals surface area (Å²) in [6.45, 7) is 1.16. The lowest BCUT2D eigenvalue weighted by Gasteiger charge is -2.24. The lowest BCUT2D eigenvalue weighted by atomic mass is 9.92. The zero-order chi connectivity index (χ0) is 13.1. The van der Waals surface area contributed by atoms with Crippen molar-refractivity contribution in [3.8, 4) is 5.75 Å². The zero-order valence-corrected chi connectivity index (χ0v) is 9.43. The standard InChI is InChI=1S/C12H15FO4/c1-12(17,10(13)11(15)16)7-6-8-2-4-9(14)5-3-8/h2-5,10,14,17H,6-7H2,1H3,(H,15,16). The molecule has 1 aromatic rings. The van der Waals surface area contributed by atoms with E-state index in [4.69, 9.17) is 10.2 Å². The van der Waals surface area contributed by atoms with Gasteiger partial charge in [-0.3, -0.25) is 0 Å². The SMILES string of the molecule is CC(O)(CCc1ccc(O)cc1)C(F)C(=O)O. The van der Waals surface area contributed by atoms with Crippen molar-refractivity contribution in [1.82, 2.24) is 0 Å². The first-order valence-electron chi connectivity index (χ1n) is 5.20. The number of hydrogen-bond donors (Lipinski definition) is 3. The van der Waals surface area contributed by atoms with Gasteiger partial charge in [-0.2, -0.15) is 0 Å². The predicted molar refractivity (Wildman–Crippen MR) is 59.6 cm³/mol. The molecule has 0 amide bonds. The fraction of sp³-hybridized carbons (Fsp3) is 0.417. The number of aliphatic hydroxyl groups is 1. The van der Waals surface area contributed by atoms with Crippen molar-refractivity contribution in [1.29, 1.82) is 0 Å². The van der Waals surface area contributed by atoms with Gasteiger partial charge in [-0.25, -0.2) is 9.18 Å². The van der Waals surface area contributed by atoms with E-state index in [1.807, 2.05) is 0 Å². The van der Waals surface area contributed by atoms with Gasteiger partial charge in [-0.05, 0) is 37.5 Å². The van der Waals surface area contributed by atoms with Gasteiger partial charge in [-0.1, -0.05) is 12.1 Å². The first-order chi connectivity index (χ1) is 7.83. The van der Waals surface area contributed by atoms with Crippen molar-refractivity contribution in [2.75, 3.05) is 0 Å². The van der Waals surface area contributed by atoms with E-state index in [0.29, 0.717) is 6.42 Å². The summed E-state index contributed by atoms with van der Waals surface area (Å²) in [5, 5.41) is 27.2. The number of benzene rings is 1. The molecule has 0 saturated heterocycles. The van der Waals surface area contributed by atoms with Crippen LogP contribution in [-0.2, 0) is 11.2 Å². The molecule has 4 nitrogen and oxygen atoms in total. The van der Waals surface area contributed by atoms with Crippen LogP contribution in [0.25, 0.3) is 0 Å². The molecule has 0 spiro atoms. The zero-order valence-electron chi connectivity index (χ0n) is 9.43. The van der Waals surface area contributed by atoms with Crippen molar-refractivity contribution >= 4 is 5.97 Å². The number of phenolic OH excluding ortho intramolecular Hbond substituents is 1. The molecular weight excluding hydrogens is 227 g/mol. The van der Waals surface area contributed by atoms with Gasteiger partial charge >= 0.3 is 5.97 Å². The molecule has 0 aliphatic rings. The number of aromatic hydroxyl groups is 1. The van der Waals surface area contributed by atoms with Crippen molar-refractivity contribution < 1.29 is 24.5 Å². The van der Waals surface area contributed by atoms with Crippen LogP contribution in [0.15, 0.2) is 24.3 Å². The molecule has 3 N–H and O–H groups in total. The van der Waals surface area contributed by atoms with Crippen LogP contribution in [0.3, 0.4) is 0 Å². The van der Waals surface area contributed by atoms with Crippen LogP contribution in [0.4, 0.5) is 4.39 Å². The minimum Gasteiger partial charge on any atom is -0.508 e. The van der Waals surface area contributed by atoms with Crippen LogP contribution >= 0.6 is 0 Å². The summed E-state index contributed by atoms with van der Waals surface area (Å²) in [6.07, 6.45) is -1.98. The van der Waals surface area contributed by atoms with Crippen LogP contribution < -0.4 is 0 Å². The highest BCUT2D eigenvalue weighted by molar-refractivity contribution is 5.73. The Balaban J connectivity index is 2.60. The Morgan fingerprint density at radius 3 is 2.41 bits per heavy atom. The molecule has 0 aromatic heterocycles. The van der Waals surface area contributed by atoms with Crippen LogP contribution in [0.1, 0.15) is 18.9 Å². The lowest BCUT2D eigenvalue weighted by Crippen LogP contribution is -2.42. The minimum absolute atomic E-state index is 0.00869. The van der Waals surface area contributed by atoms with Crippen molar-refractivity contribution in [2.24, 2.45) is 0 Å². The van der Waals surface area contributed by atoms with E-state index in [0.717, 1.165) is 12.5 Å². The first kappa shape index (κ1) is 13.4. The maximum Gasteiger partial charge on any atom is 0.341 e. The second kappa shape index (κ2) is 5.14. The van der Waals surface area contributed by atoms with Gasteiger partial charge in [0.25, 0.3) is 0 Å². The Morgan fingerprint density at radius 2 is 1.94 bits per heavy atom. The van der Waals surface area contributed by atoms with Gasteiger partial charge in [-0.15, -0.1) is 0 Å². The van der Waals surface area contributed by atoms with Crippen LogP contribution in [0.5, 0.6) is 5.75 Å². The monoisotopic (exact) mass is 242 g/mol. The maximum absolute atomic E-state index is 13.2. The van der Waals surface area contributed by atoms with Crippen LogP contribution in [0, 0.1) is 0 Å². The number of carboxylic acids is 1. The second-order valence-corrected chi connectivity index (χ2v) is 4.22. The third-order valence-corrected chi connectivity index (χ3v) is 2.62. The summed E-state index contributed by atoms with van der Waals surface area (Å²) in [7, 11) is 0. The fourth-order valence-corrected chi connectivity index (χ4v) is 1.45. The minimum atomic E-state index is -2.31. The molecule has 0 saturated carbocycles. The Labute approximate surface area is 98.3 Å². The largest absolute Gasteiger partial charge is 0.508 e. The molecule has 94 valence electrons. The van der Waals surface area contributed by atoms with Gasteiger partial charge < -0.3 is 15.3 Å². The van der Waals surface area contributed by atoms with Gasteiger partial charge in [0.05, 0.1) is 0 Å². The van der Waals surface area contributed by atoms with E-state index in [2.05, 4.69) is 0 Å². The third-order valence-electron chi connectivity index (χ3n) is 2.62. The first-order valence-corrected chi connectivity index (χ1v) is 5.20. The Hall–Kier alpha value is -1.62. The average Bonchev–Trinajstić information content (AvgIpc) is 2.27. The van der Waals surface area contributed by atoms with Gasteiger partial charge in [0, 0.05) is 0 Å². The lowest BCUT2D eigenvalue weighted by molar-refractivity contribution is -0.153. The summed E-state index contributed by atoms with van der Waals surface area (Å²) in [5.74, 6) is -1.55. The maximum atomic E-state index is 13.2. The number of aliphatic carboxylic acids is 1. The Kier molecular flexibility index (Phi) is 4.07. The molecule has 17 heavy (non-hydrogen) atoms. The molecule has 1 rings (SSSR count). The number of aryl methyl sites for hydroxylation is 1. The number of rotatable bonds is 5. The van der Waals surface area contributed by atoms with E-state index in [1.165, 1.54) is 12.1 Å². The van der Waals surface area contributed by atoms with Crippen molar-refractivity contribution in [2.45, 2.75) is 31.5 Å². The number of phenols is 1. The Morgan fingerprint density at radius 1 is 1.41 bits per heavy atom. The number of hydrogen-bond acceptors (Lipinski definition) is 3. The average molecular weight is 242 g/mol. The fourth-order valence-electron chi connectivity index (χ4n) is 1.45. The van der Waals surface area contributed by atoms with E-state index in [-0.39, 0.29) is 12.2 Å². The van der Waals surface area contributed by atoms with E-state index in [1.54, 1.807) is 12.1 Å². The molecule has 0 aliphatic carbocycles. The third kappa shape index (κ3) is 3.71. The molecular formula is C12H15FO4. The van der Waals surface area contributed by atoms with Crippen molar-refractivity contribution in [3.05, 3.63) is 29.8 Å². The molecule has 0 radical (unpaired) electrons. The van der Waals surface area contributed by atoms with Crippen LogP contribution in [0.2, 0.25) is 0 Å². The number of halogens is 1. The molecule has 0 bridgehead atoms. The quantitative estimate of drug-likeness (QED) is 0.731. The van der Waals surface area contributed by atoms with E-state index < -0.39 is 17.7 Å². The van der Waals surface area contributed by atoms with Gasteiger partial charge in [0.2, 0.25) is 6.17 Å². The molecule has 0 aliphatic heterocycles. The summed E-state index contributed by atoms with van der Waals surface area (Å²) in [5.41, 5.74) is -1.11. The van der Waals surface area contributed by atoms with E-state index in [9.17, 15) is 14.3 Å². The summed E-state index contributed by atoms with van der Waals surface area (Å²) in [4.78, 5) is 10.4. The topological polar surface area (TPSA) is 77.8 Å². The highest BCUT2D eigenvalue weighted by Gasteiger charge is 2.37. The predicted octanol–water partition coefficient (Wildman–Crippen LogP) is 1.50. The molecule has 5 heteroatoms. The second-order valence-electron chi connectivity index (χ2n) is 4.22. The van der Waals surface area contributed by atoms with Gasteiger partial charge in [0.1, 0.15) is 11.4 Å². The number of carbonyl (C=O) groups is 1. The normalized spacial score (nSPS) is 16.2. The molecule has 2 atom stereocenters. The van der Waals surface area contributed by atoms with Gasteiger partial charge in [0.15, 0.2) is 0 Å². The summed E-state index contributed by atoms with van der Waals surface area (Å²) >= 11 is 0. The molecule has 1 aromatic carbocycles. The smallest absolute Gasteiger partial charge is 0.341 e.